The van der Waals surface area contributed by atoms with Gasteiger partial charge in [-0.25, -0.2) is 4.98 Å². The van der Waals surface area contributed by atoms with Crippen molar-refractivity contribution in [2.45, 2.75) is 13.0 Å². The first kappa shape index (κ1) is 12.3. The second-order valence-corrected chi connectivity index (χ2v) is 4.30. The molecule has 1 amide bonds. The highest BCUT2D eigenvalue weighted by Gasteiger charge is 2.07. The van der Waals surface area contributed by atoms with Crippen LogP contribution in [0.4, 0.5) is 0 Å². The zero-order chi connectivity index (χ0) is 13.1. The van der Waals surface area contributed by atoms with Gasteiger partial charge in [0.2, 0.25) is 5.91 Å². The van der Waals surface area contributed by atoms with E-state index >= 15 is 0 Å². The summed E-state index contributed by atoms with van der Waals surface area (Å²) in [5, 5.41) is 0.581. The van der Waals surface area contributed by atoms with Crippen LogP contribution in [-0.4, -0.2) is 34.5 Å². The minimum atomic E-state index is -0.104. The van der Waals surface area contributed by atoms with Gasteiger partial charge < -0.3 is 4.90 Å². The molecule has 0 saturated carbocycles. The van der Waals surface area contributed by atoms with Crippen molar-refractivity contribution in [3.8, 4) is 0 Å². The van der Waals surface area contributed by atoms with Gasteiger partial charge in [0.15, 0.2) is 0 Å². The summed E-state index contributed by atoms with van der Waals surface area (Å²) in [5.74, 6) is -0.00458. The summed E-state index contributed by atoms with van der Waals surface area (Å²) < 4.78 is 1.48. The third-order valence-corrected chi connectivity index (χ3v) is 2.80. The Balaban J connectivity index is 2.27. The maximum Gasteiger partial charge on any atom is 0.261 e. The second-order valence-electron chi connectivity index (χ2n) is 4.30. The zero-order valence-electron chi connectivity index (χ0n) is 10.5. The van der Waals surface area contributed by atoms with E-state index in [1.54, 1.807) is 32.3 Å². The number of nitrogens with zero attached hydrogens (tertiary/aromatic N) is 3. The van der Waals surface area contributed by atoms with Crippen LogP contribution >= 0.6 is 0 Å². The zero-order valence-corrected chi connectivity index (χ0v) is 10.5. The summed E-state index contributed by atoms with van der Waals surface area (Å²) >= 11 is 0. The molecule has 0 saturated heterocycles. The third kappa shape index (κ3) is 2.40. The normalized spacial score (nSPS) is 10.6. The number of rotatable bonds is 3. The monoisotopic (exact) mass is 245 g/mol. The molecule has 1 heterocycles. The van der Waals surface area contributed by atoms with Crippen molar-refractivity contribution in [2.24, 2.45) is 0 Å². The van der Waals surface area contributed by atoms with Crippen LogP contribution in [0.1, 0.15) is 6.42 Å². The molecule has 0 aliphatic carbocycles. The van der Waals surface area contributed by atoms with E-state index < -0.39 is 0 Å². The van der Waals surface area contributed by atoms with Gasteiger partial charge in [-0.1, -0.05) is 12.1 Å². The van der Waals surface area contributed by atoms with Gasteiger partial charge in [-0.3, -0.25) is 14.2 Å². The van der Waals surface area contributed by atoms with Crippen LogP contribution in [0.15, 0.2) is 35.4 Å². The lowest BCUT2D eigenvalue weighted by atomic mass is 10.2. The maximum absolute atomic E-state index is 12.1. The Labute approximate surface area is 105 Å². The van der Waals surface area contributed by atoms with Crippen molar-refractivity contribution in [3.63, 3.8) is 0 Å². The molecule has 0 atom stereocenters. The average Bonchev–Trinajstić information content (AvgIpc) is 2.38. The van der Waals surface area contributed by atoms with Crippen LogP contribution in [0.3, 0.4) is 0 Å². The molecule has 0 spiro atoms. The van der Waals surface area contributed by atoms with E-state index in [0.717, 1.165) is 0 Å². The summed E-state index contributed by atoms with van der Waals surface area (Å²) in [5.41, 5.74) is 0.574. The molecule has 0 N–H and O–H groups in total. The first-order valence-corrected chi connectivity index (χ1v) is 5.74. The van der Waals surface area contributed by atoms with Gasteiger partial charge in [0.1, 0.15) is 0 Å². The fourth-order valence-electron chi connectivity index (χ4n) is 1.71. The summed E-state index contributed by atoms with van der Waals surface area (Å²) in [4.78, 5) is 29.3. The highest BCUT2D eigenvalue weighted by Crippen LogP contribution is 2.04. The summed E-state index contributed by atoms with van der Waals surface area (Å²) in [7, 11) is 3.40. The highest BCUT2D eigenvalue weighted by atomic mass is 16.2. The predicted molar refractivity (Wildman–Crippen MR) is 69.3 cm³/mol. The Hall–Kier alpha value is -2.17. The van der Waals surface area contributed by atoms with Crippen LogP contribution in [0, 0.1) is 0 Å². The number of fused-ring (bicyclic) bond motifs is 1. The molecule has 1 aromatic carbocycles. The predicted octanol–water partition coefficient (Wildman–Crippen LogP) is 0.875. The van der Waals surface area contributed by atoms with E-state index in [9.17, 15) is 9.59 Å². The van der Waals surface area contributed by atoms with Gasteiger partial charge >= 0.3 is 0 Å². The molecule has 0 unspecified atom stereocenters. The van der Waals surface area contributed by atoms with Crippen LogP contribution in [0.2, 0.25) is 0 Å². The number of carbonyl (C=O) groups excluding carboxylic acids is 1. The van der Waals surface area contributed by atoms with Crippen LogP contribution in [0.5, 0.6) is 0 Å². The highest BCUT2D eigenvalue weighted by molar-refractivity contribution is 5.77. The maximum atomic E-state index is 12.1. The summed E-state index contributed by atoms with van der Waals surface area (Å²) in [6, 6.07) is 7.19. The molecule has 2 aromatic rings. The van der Waals surface area contributed by atoms with Crippen LogP contribution < -0.4 is 5.56 Å². The molecule has 0 bridgehead atoms. The minimum absolute atomic E-state index is 0.00458. The number of hydrogen-bond acceptors (Lipinski definition) is 3. The average molecular weight is 245 g/mol. The molecule has 0 aliphatic rings. The minimum Gasteiger partial charge on any atom is -0.349 e. The quantitative estimate of drug-likeness (QED) is 0.806. The fourth-order valence-corrected chi connectivity index (χ4v) is 1.71. The van der Waals surface area contributed by atoms with Crippen molar-refractivity contribution in [3.05, 3.63) is 40.9 Å². The van der Waals surface area contributed by atoms with Gasteiger partial charge in [-0.05, 0) is 12.1 Å². The Morgan fingerprint density at radius 1 is 1.33 bits per heavy atom. The SMILES string of the molecule is CN(C)C(=O)CCn1cnc2ccccc2c1=O. The number of aryl methyl sites for hydroxylation is 1. The fraction of sp³-hybridized carbons (Fsp3) is 0.308. The molecular weight excluding hydrogens is 230 g/mol. The largest absolute Gasteiger partial charge is 0.349 e. The van der Waals surface area contributed by atoms with Crippen LogP contribution in [-0.2, 0) is 11.3 Å². The summed E-state index contributed by atoms with van der Waals surface area (Å²) in [6.07, 6.45) is 1.79. The number of carbonyl (C=O) groups is 1. The molecule has 1 aromatic heterocycles. The number of benzene rings is 1. The van der Waals surface area contributed by atoms with Gasteiger partial charge in [0.25, 0.3) is 5.56 Å². The van der Waals surface area contributed by atoms with E-state index in [1.807, 2.05) is 6.07 Å². The molecule has 2 rings (SSSR count). The Kier molecular flexibility index (Phi) is 3.41. The molecule has 0 fully saturated rings. The lowest BCUT2D eigenvalue weighted by Gasteiger charge is -2.11. The number of hydrogen-bond donors (Lipinski definition) is 0. The van der Waals surface area contributed by atoms with Gasteiger partial charge in [0, 0.05) is 27.1 Å². The first-order chi connectivity index (χ1) is 8.59. The van der Waals surface area contributed by atoms with Gasteiger partial charge in [-0.15, -0.1) is 0 Å². The van der Waals surface area contributed by atoms with Crippen molar-refractivity contribution in [1.29, 1.82) is 0 Å². The second kappa shape index (κ2) is 5.00. The molecular formula is C13H15N3O2. The Morgan fingerprint density at radius 3 is 2.78 bits per heavy atom. The number of amides is 1. The summed E-state index contributed by atoms with van der Waals surface area (Å²) in [6.45, 7) is 0.355. The first-order valence-electron chi connectivity index (χ1n) is 5.74. The molecule has 5 heteroatoms. The lowest BCUT2D eigenvalue weighted by Crippen LogP contribution is -2.26. The third-order valence-electron chi connectivity index (χ3n) is 2.80. The van der Waals surface area contributed by atoms with Crippen molar-refractivity contribution >= 4 is 16.8 Å². The van der Waals surface area contributed by atoms with E-state index in [-0.39, 0.29) is 11.5 Å². The molecule has 94 valence electrons. The van der Waals surface area contributed by atoms with Crippen molar-refractivity contribution in [1.82, 2.24) is 14.5 Å². The topological polar surface area (TPSA) is 55.2 Å². The van der Waals surface area contributed by atoms with Crippen molar-refractivity contribution in [2.75, 3.05) is 14.1 Å². The number of para-hydroxylation sites is 1. The smallest absolute Gasteiger partial charge is 0.261 e. The standard InChI is InChI=1S/C13H15N3O2/c1-15(2)12(17)7-8-16-9-14-11-6-4-3-5-10(11)13(16)18/h3-6,9H,7-8H2,1-2H3. The van der Waals surface area contributed by atoms with E-state index in [0.29, 0.717) is 23.9 Å². The molecule has 5 nitrogen and oxygen atoms in total. The Morgan fingerprint density at radius 2 is 2.06 bits per heavy atom. The van der Waals surface area contributed by atoms with Gasteiger partial charge in [-0.2, -0.15) is 0 Å². The Bertz CT molecular complexity index is 631. The van der Waals surface area contributed by atoms with Crippen LogP contribution in [0.25, 0.3) is 10.9 Å². The van der Waals surface area contributed by atoms with Gasteiger partial charge in [0.05, 0.1) is 17.2 Å². The lowest BCUT2D eigenvalue weighted by molar-refractivity contribution is -0.128. The van der Waals surface area contributed by atoms with Crippen molar-refractivity contribution < 1.29 is 4.79 Å². The molecule has 0 aliphatic heterocycles. The molecule has 0 radical (unpaired) electrons. The van der Waals surface area contributed by atoms with E-state index in [2.05, 4.69) is 4.98 Å². The van der Waals surface area contributed by atoms with E-state index in [1.165, 1.54) is 15.8 Å². The van der Waals surface area contributed by atoms with E-state index in [4.69, 9.17) is 0 Å². The molecule has 18 heavy (non-hydrogen) atoms. The number of aromatic nitrogens is 2.